The second kappa shape index (κ2) is 8.25. The molecule has 1 aliphatic rings. The van der Waals surface area contributed by atoms with E-state index in [0.29, 0.717) is 12.0 Å². The first-order valence-electron chi connectivity index (χ1n) is 9.39. The normalized spacial score (nSPS) is 21.4. The standard InChI is InChI=1S/C20H28N4OS/c1-13-9-5-7-11-16(13)18-22-23-20(24(18)4)26-15(3)19(25)21-17-12-8-6-10-14(17)2/h5,7,9,11,14-15,17H,6,8,10,12H2,1-4H3,(H,21,25)/t14-,15-,17-/m0/s1. The first kappa shape index (κ1) is 19.0. The van der Waals surface area contributed by atoms with E-state index in [9.17, 15) is 4.79 Å². The highest BCUT2D eigenvalue weighted by Gasteiger charge is 2.26. The Morgan fingerprint density at radius 1 is 1.27 bits per heavy atom. The highest BCUT2D eigenvalue weighted by molar-refractivity contribution is 8.00. The van der Waals surface area contributed by atoms with Gasteiger partial charge < -0.3 is 9.88 Å². The summed E-state index contributed by atoms with van der Waals surface area (Å²) < 4.78 is 1.97. The number of carbonyl (C=O) groups excluding carboxylic acids is 1. The lowest BCUT2D eigenvalue weighted by Gasteiger charge is -2.30. The number of hydrogen-bond acceptors (Lipinski definition) is 4. The molecule has 1 aromatic carbocycles. The predicted octanol–water partition coefficient (Wildman–Crippen LogP) is 3.97. The van der Waals surface area contributed by atoms with Crippen molar-refractivity contribution in [3.63, 3.8) is 0 Å². The third-order valence-corrected chi connectivity index (χ3v) is 6.45. The van der Waals surface area contributed by atoms with Crippen molar-refractivity contribution in [2.75, 3.05) is 0 Å². The van der Waals surface area contributed by atoms with Crippen molar-refractivity contribution in [2.45, 2.75) is 62.9 Å². The molecule has 1 saturated carbocycles. The summed E-state index contributed by atoms with van der Waals surface area (Å²) >= 11 is 1.47. The Balaban J connectivity index is 1.67. The number of hydrogen-bond donors (Lipinski definition) is 1. The van der Waals surface area contributed by atoms with Gasteiger partial charge in [0.15, 0.2) is 11.0 Å². The molecule has 2 aromatic rings. The molecular formula is C20H28N4OS. The van der Waals surface area contributed by atoms with Gasteiger partial charge in [0.25, 0.3) is 0 Å². The highest BCUT2D eigenvalue weighted by Crippen LogP contribution is 2.28. The average Bonchev–Trinajstić information content (AvgIpc) is 2.98. The summed E-state index contributed by atoms with van der Waals surface area (Å²) in [5.74, 6) is 1.49. The molecule has 0 radical (unpaired) electrons. The van der Waals surface area contributed by atoms with Gasteiger partial charge in [-0.15, -0.1) is 10.2 Å². The number of nitrogens with zero attached hydrogens (tertiary/aromatic N) is 3. The lowest BCUT2D eigenvalue weighted by atomic mass is 9.86. The molecule has 1 heterocycles. The van der Waals surface area contributed by atoms with E-state index in [4.69, 9.17) is 0 Å². The van der Waals surface area contributed by atoms with E-state index in [0.717, 1.165) is 28.5 Å². The van der Waals surface area contributed by atoms with Crippen molar-refractivity contribution < 1.29 is 4.79 Å². The first-order chi connectivity index (χ1) is 12.5. The maximum Gasteiger partial charge on any atom is 0.233 e. The summed E-state index contributed by atoms with van der Waals surface area (Å²) in [5, 5.41) is 12.5. The average molecular weight is 373 g/mol. The van der Waals surface area contributed by atoms with Gasteiger partial charge >= 0.3 is 0 Å². The van der Waals surface area contributed by atoms with Crippen LogP contribution in [-0.4, -0.2) is 32.0 Å². The van der Waals surface area contributed by atoms with E-state index in [1.54, 1.807) is 0 Å². The van der Waals surface area contributed by atoms with Gasteiger partial charge in [-0.3, -0.25) is 4.79 Å². The number of benzene rings is 1. The van der Waals surface area contributed by atoms with E-state index in [2.05, 4.69) is 35.4 Å². The molecule has 3 atom stereocenters. The predicted molar refractivity (Wildman–Crippen MR) is 106 cm³/mol. The van der Waals surface area contributed by atoms with Crippen molar-refractivity contribution in [1.82, 2.24) is 20.1 Å². The number of rotatable bonds is 5. The van der Waals surface area contributed by atoms with Gasteiger partial charge in [-0.05, 0) is 38.2 Å². The number of nitrogens with one attached hydrogen (secondary N) is 1. The SMILES string of the molecule is Cc1ccccc1-c1nnc(S[C@@H](C)C(=O)N[C@H]2CCCC[C@@H]2C)n1C. The molecule has 1 fully saturated rings. The molecule has 5 nitrogen and oxygen atoms in total. The fourth-order valence-electron chi connectivity index (χ4n) is 3.52. The van der Waals surface area contributed by atoms with Crippen LogP contribution in [0.25, 0.3) is 11.4 Å². The monoisotopic (exact) mass is 372 g/mol. The van der Waals surface area contributed by atoms with Crippen LogP contribution in [0, 0.1) is 12.8 Å². The van der Waals surface area contributed by atoms with Crippen molar-refractivity contribution in [3.05, 3.63) is 29.8 Å². The third kappa shape index (κ3) is 4.11. The minimum Gasteiger partial charge on any atom is -0.352 e. The summed E-state index contributed by atoms with van der Waals surface area (Å²) in [4.78, 5) is 12.6. The number of aromatic nitrogens is 3. The molecule has 0 bridgehead atoms. The van der Waals surface area contributed by atoms with Crippen LogP contribution in [-0.2, 0) is 11.8 Å². The lowest BCUT2D eigenvalue weighted by Crippen LogP contribution is -2.44. The quantitative estimate of drug-likeness (QED) is 0.807. The van der Waals surface area contributed by atoms with Crippen LogP contribution < -0.4 is 5.32 Å². The largest absolute Gasteiger partial charge is 0.352 e. The molecule has 1 amide bonds. The zero-order valence-corrected chi connectivity index (χ0v) is 16.8. The molecule has 1 aromatic heterocycles. The Morgan fingerprint density at radius 2 is 2.00 bits per heavy atom. The van der Waals surface area contributed by atoms with Gasteiger partial charge in [0.2, 0.25) is 5.91 Å². The molecule has 0 unspecified atom stereocenters. The van der Waals surface area contributed by atoms with E-state index in [-0.39, 0.29) is 11.2 Å². The van der Waals surface area contributed by atoms with Crippen LogP contribution in [0.15, 0.2) is 29.4 Å². The van der Waals surface area contributed by atoms with Crippen LogP contribution in [0.3, 0.4) is 0 Å². The van der Waals surface area contributed by atoms with Crippen molar-refractivity contribution >= 4 is 17.7 Å². The van der Waals surface area contributed by atoms with E-state index >= 15 is 0 Å². The molecule has 1 aliphatic carbocycles. The smallest absolute Gasteiger partial charge is 0.233 e. The Hall–Kier alpha value is -1.82. The van der Waals surface area contributed by atoms with Crippen molar-refractivity contribution in [2.24, 2.45) is 13.0 Å². The minimum atomic E-state index is -0.197. The molecule has 3 rings (SSSR count). The topological polar surface area (TPSA) is 59.8 Å². The molecule has 0 spiro atoms. The fraction of sp³-hybridized carbons (Fsp3) is 0.550. The molecule has 26 heavy (non-hydrogen) atoms. The van der Waals surface area contributed by atoms with Gasteiger partial charge in [0.05, 0.1) is 5.25 Å². The fourth-order valence-corrected chi connectivity index (χ4v) is 4.34. The summed E-state index contributed by atoms with van der Waals surface area (Å²) in [6.45, 7) is 6.24. The summed E-state index contributed by atoms with van der Waals surface area (Å²) in [5.41, 5.74) is 2.24. The van der Waals surface area contributed by atoms with Gasteiger partial charge in [-0.2, -0.15) is 0 Å². The minimum absolute atomic E-state index is 0.0918. The van der Waals surface area contributed by atoms with Gasteiger partial charge in [-0.25, -0.2) is 0 Å². The Morgan fingerprint density at radius 3 is 2.73 bits per heavy atom. The second-order valence-corrected chi connectivity index (χ2v) is 8.62. The van der Waals surface area contributed by atoms with Gasteiger partial charge in [0.1, 0.15) is 0 Å². The zero-order valence-electron chi connectivity index (χ0n) is 16.0. The third-order valence-electron chi connectivity index (χ3n) is 5.31. The molecule has 140 valence electrons. The Bertz CT molecular complexity index is 773. The van der Waals surface area contributed by atoms with E-state index in [1.807, 2.05) is 36.7 Å². The Labute approximate surface area is 160 Å². The van der Waals surface area contributed by atoms with Crippen LogP contribution >= 0.6 is 11.8 Å². The van der Waals surface area contributed by atoms with Crippen LogP contribution in [0.5, 0.6) is 0 Å². The molecule has 1 N–H and O–H groups in total. The highest BCUT2D eigenvalue weighted by atomic mass is 32.2. The first-order valence-corrected chi connectivity index (χ1v) is 10.3. The number of aryl methyl sites for hydroxylation is 1. The maximum atomic E-state index is 12.6. The number of amides is 1. The molecule has 0 aliphatic heterocycles. The maximum absolute atomic E-state index is 12.6. The summed E-state index contributed by atoms with van der Waals surface area (Å²) in [6.07, 6.45) is 4.78. The zero-order chi connectivity index (χ0) is 18.7. The van der Waals surface area contributed by atoms with E-state index in [1.165, 1.54) is 31.0 Å². The number of carbonyl (C=O) groups is 1. The van der Waals surface area contributed by atoms with Crippen LogP contribution in [0.2, 0.25) is 0 Å². The van der Waals surface area contributed by atoms with Crippen molar-refractivity contribution in [3.8, 4) is 11.4 Å². The summed E-state index contributed by atoms with van der Waals surface area (Å²) in [6, 6.07) is 8.45. The van der Waals surface area contributed by atoms with Crippen molar-refractivity contribution in [1.29, 1.82) is 0 Å². The van der Waals surface area contributed by atoms with Gasteiger partial charge in [-0.1, -0.05) is 55.8 Å². The molecule has 0 saturated heterocycles. The van der Waals surface area contributed by atoms with E-state index < -0.39 is 0 Å². The molecular weight excluding hydrogens is 344 g/mol. The van der Waals surface area contributed by atoms with Crippen LogP contribution in [0.4, 0.5) is 0 Å². The van der Waals surface area contributed by atoms with Gasteiger partial charge in [0, 0.05) is 18.7 Å². The number of thioether (sulfide) groups is 1. The Kier molecular flexibility index (Phi) is 6.01. The lowest BCUT2D eigenvalue weighted by molar-refractivity contribution is -0.121. The molecule has 6 heteroatoms. The summed E-state index contributed by atoms with van der Waals surface area (Å²) in [7, 11) is 1.96. The van der Waals surface area contributed by atoms with Crippen LogP contribution in [0.1, 0.15) is 45.1 Å². The second-order valence-electron chi connectivity index (χ2n) is 7.32.